The molecule has 0 aromatic heterocycles. The molecule has 0 fully saturated rings. The van der Waals surface area contributed by atoms with Crippen LogP contribution in [-0.4, -0.2) is 23.8 Å². The minimum atomic E-state index is -0.964. The molecular formula is C15H13N3O5. The number of oxime groups is 1. The first-order valence-corrected chi connectivity index (χ1v) is 6.45. The summed E-state index contributed by atoms with van der Waals surface area (Å²) in [6, 6.07) is 12.0. The maximum Gasteiger partial charge on any atom is 0.372 e. The van der Waals surface area contributed by atoms with Gasteiger partial charge in [-0.1, -0.05) is 17.3 Å². The molecule has 0 aliphatic heterocycles. The molecule has 2 aromatic rings. The normalized spacial score (nSPS) is 10.9. The fourth-order valence-electron chi connectivity index (χ4n) is 1.76. The van der Waals surface area contributed by atoms with Gasteiger partial charge in [0.2, 0.25) is 0 Å². The van der Waals surface area contributed by atoms with Crippen molar-refractivity contribution < 1.29 is 19.3 Å². The number of nitro benzene ring substituents is 1. The zero-order valence-electron chi connectivity index (χ0n) is 12.1. The van der Waals surface area contributed by atoms with E-state index in [2.05, 4.69) is 9.99 Å². The molecule has 8 nitrogen and oxygen atoms in total. The third-order valence-corrected chi connectivity index (χ3v) is 2.93. The van der Waals surface area contributed by atoms with Gasteiger partial charge in [0.1, 0.15) is 11.3 Å². The Morgan fingerprint density at radius 1 is 1.17 bits per heavy atom. The Labute approximate surface area is 131 Å². The van der Waals surface area contributed by atoms with E-state index in [1.807, 2.05) is 0 Å². The van der Waals surface area contributed by atoms with Crippen molar-refractivity contribution in [2.45, 2.75) is 0 Å². The highest BCUT2D eigenvalue weighted by atomic mass is 16.7. The summed E-state index contributed by atoms with van der Waals surface area (Å²) in [6.45, 7) is 0. The van der Waals surface area contributed by atoms with Crippen LogP contribution in [0.15, 0.2) is 53.7 Å². The summed E-state index contributed by atoms with van der Waals surface area (Å²) in [4.78, 5) is 26.8. The predicted octanol–water partition coefficient (Wildman–Crippen LogP) is 2.08. The van der Waals surface area contributed by atoms with Gasteiger partial charge in [-0.05, 0) is 30.3 Å². The molecule has 0 unspecified atom stereocenters. The van der Waals surface area contributed by atoms with E-state index in [9.17, 15) is 14.9 Å². The predicted molar refractivity (Wildman–Crippen MR) is 82.2 cm³/mol. The topological polar surface area (TPSA) is 117 Å². The van der Waals surface area contributed by atoms with E-state index < -0.39 is 10.9 Å². The van der Waals surface area contributed by atoms with E-state index >= 15 is 0 Å². The van der Waals surface area contributed by atoms with Gasteiger partial charge < -0.3 is 15.3 Å². The second kappa shape index (κ2) is 7.03. The van der Waals surface area contributed by atoms with Crippen LogP contribution in [0.25, 0.3) is 0 Å². The van der Waals surface area contributed by atoms with Gasteiger partial charge in [-0.15, -0.1) is 0 Å². The van der Waals surface area contributed by atoms with Gasteiger partial charge in [-0.2, -0.15) is 0 Å². The van der Waals surface area contributed by atoms with E-state index in [4.69, 9.17) is 10.5 Å². The molecular weight excluding hydrogens is 302 g/mol. The van der Waals surface area contributed by atoms with E-state index in [0.29, 0.717) is 11.3 Å². The third kappa shape index (κ3) is 3.82. The minimum Gasteiger partial charge on any atom is -0.497 e. The minimum absolute atomic E-state index is 0.0420. The molecule has 0 saturated heterocycles. The van der Waals surface area contributed by atoms with Crippen LogP contribution < -0.4 is 10.5 Å². The van der Waals surface area contributed by atoms with Gasteiger partial charge in [-0.3, -0.25) is 10.1 Å². The molecule has 2 rings (SSSR count). The lowest BCUT2D eigenvalue weighted by Gasteiger charge is -2.03. The molecule has 2 N–H and O–H groups in total. The number of nitrogens with zero attached hydrogens (tertiary/aromatic N) is 2. The Morgan fingerprint density at radius 2 is 1.83 bits per heavy atom. The van der Waals surface area contributed by atoms with Gasteiger partial charge in [0.25, 0.3) is 5.69 Å². The standard InChI is InChI=1S/C15H13N3O5/c1-22-11-8-6-10(7-9-11)14(16)17-23-15(19)12-4-2-3-5-13(12)18(20)21/h2-9H,1H3,(H2,16,17). The van der Waals surface area contributed by atoms with Crippen LogP contribution in [0.4, 0.5) is 5.69 Å². The van der Waals surface area contributed by atoms with Crippen LogP contribution in [0.1, 0.15) is 15.9 Å². The van der Waals surface area contributed by atoms with Crippen LogP contribution in [0, 0.1) is 10.1 Å². The smallest absolute Gasteiger partial charge is 0.372 e. The van der Waals surface area contributed by atoms with E-state index in [1.165, 1.54) is 31.4 Å². The maximum absolute atomic E-state index is 11.9. The maximum atomic E-state index is 11.9. The van der Waals surface area contributed by atoms with Crippen molar-refractivity contribution in [3.8, 4) is 5.75 Å². The van der Waals surface area contributed by atoms with Crippen LogP contribution in [-0.2, 0) is 4.84 Å². The molecule has 0 aliphatic carbocycles. The summed E-state index contributed by atoms with van der Waals surface area (Å²) < 4.78 is 5.01. The summed E-state index contributed by atoms with van der Waals surface area (Å²) >= 11 is 0. The zero-order chi connectivity index (χ0) is 16.8. The summed E-state index contributed by atoms with van der Waals surface area (Å²) in [5, 5.41) is 14.4. The summed E-state index contributed by atoms with van der Waals surface area (Å²) in [5.41, 5.74) is 5.65. The summed E-state index contributed by atoms with van der Waals surface area (Å²) in [6.07, 6.45) is 0. The van der Waals surface area contributed by atoms with Crippen molar-refractivity contribution in [2.24, 2.45) is 10.9 Å². The molecule has 0 amide bonds. The SMILES string of the molecule is COc1ccc(C(N)=NOC(=O)c2ccccc2[N+](=O)[O-])cc1. The number of hydrogen-bond acceptors (Lipinski definition) is 6. The summed E-state index contributed by atoms with van der Waals surface area (Å²) in [5.74, 6) is -0.369. The molecule has 0 radical (unpaired) electrons. The third-order valence-electron chi connectivity index (χ3n) is 2.93. The Morgan fingerprint density at radius 3 is 2.43 bits per heavy atom. The molecule has 0 bridgehead atoms. The number of ether oxygens (including phenoxy) is 1. The molecule has 0 saturated carbocycles. The van der Waals surface area contributed by atoms with Crippen molar-refractivity contribution in [1.82, 2.24) is 0 Å². The number of amidine groups is 1. The van der Waals surface area contributed by atoms with Gasteiger partial charge in [0.15, 0.2) is 5.84 Å². The first-order valence-electron chi connectivity index (χ1n) is 6.45. The largest absolute Gasteiger partial charge is 0.497 e. The molecule has 118 valence electrons. The van der Waals surface area contributed by atoms with Crippen LogP contribution in [0.3, 0.4) is 0 Å². The number of benzene rings is 2. The number of methoxy groups -OCH3 is 1. The second-order valence-corrected chi connectivity index (χ2v) is 4.36. The highest BCUT2D eigenvalue weighted by Gasteiger charge is 2.20. The van der Waals surface area contributed by atoms with Gasteiger partial charge in [0, 0.05) is 11.6 Å². The molecule has 2 aromatic carbocycles. The quantitative estimate of drug-likeness (QED) is 0.297. The monoisotopic (exact) mass is 315 g/mol. The molecule has 0 aliphatic rings. The van der Waals surface area contributed by atoms with Crippen molar-refractivity contribution in [2.75, 3.05) is 7.11 Å². The fraction of sp³-hybridized carbons (Fsp3) is 0.0667. The summed E-state index contributed by atoms with van der Waals surface area (Å²) in [7, 11) is 1.53. The number of carbonyl (C=O) groups is 1. The molecule has 23 heavy (non-hydrogen) atoms. The first kappa shape index (κ1) is 16.0. The molecule has 0 heterocycles. The Balaban J connectivity index is 2.15. The van der Waals surface area contributed by atoms with Crippen LogP contribution >= 0.6 is 0 Å². The van der Waals surface area contributed by atoms with Gasteiger partial charge >= 0.3 is 5.97 Å². The molecule has 0 atom stereocenters. The Hall–Kier alpha value is -3.42. The number of carbonyl (C=O) groups excluding carboxylic acids is 1. The molecule has 8 heteroatoms. The van der Waals surface area contributed by atoms with Gasteiger partial charge in [-0.25, -0.2) is 4.79 Å². The van der Waals surface area contributed by atoms with Crippen molar-refractivity contribution in [1.29, 1.82) is 0 Å². The fourth-order valence-corrected chi connectivity index (χ4v) is 1.76. The lowest BCUT2D eigenvalue weighted by Crippen LogP contribution is -2.15. The van der Waals surface area contributed by atoms with E-state index in [-0.39, 0.29) is 17.1 Å². The average molecular weight is 315 g/mol. The number of rotatable bonds is 5. The Bertz CT molecular complexity index is 756. The lowest BCUT2D eigenvalue weighted by molar-refractivity contribution is -0.385. The first-order chi connectivity index (χ1) is 11.0. The second-order valence-electron chi connectivity index (χ2n) is 4.36. The van der Waals surface area contributed by atoms with Crippen molar-refractivity contribution in [3.05, 3.63) is 69.8 Å². The lowest BCUT2D eigenvalue weighted by atomic mass is 10.2. The number of nitro groups is 1. The van der Waals surface area contributed by atoms with E-state index in [0.717, 1.165) is 0 Å². The van der Waals surface area contributed by atoms with Gasteiger partial charge in [0.05, 0.1) is 12.0 Å². The van der Waals surface area contributed by atoms with Crippen LogP contribution in [0.5, 0.6) is 5.75 Å². The van der Waals surface area contributed by atoms with Crippen LogP contribution in [0.2, 0.25) is 0 Å². The average Bonchev–Trinajstić information content (AvgIpc) is 2.59. The number of para-hydroxylation sites is 1. The molecule has 0 spiro atoms. The number of nitrogens with two attached hydrogens (primary N) is 1. The number of hydrogen-bond donors (Lipinski definition) is 1. The zero-order valence-corrected chi connectivity index (χ0v) is 12.1. The highest BCUT2D eigenvalue weighted by Crippen LogP contribution is 2.18. The highest BCUT2D eigenvalue weighted by molar-refractivity contribution is 5.99. The van der Waals surface area contributed by atoms with Crippen molar-refractivity contribution >= 4 is 17.5 Å². The van der Waals surface area contributed by atoms with Crippen molar-refractivity contribution in [3.63, 3.8) is 0 Å². The Kier molecular flexibility index (Phi) is 4.88. The van der Waals surface area contributed by atoms with E-state index in [1.54, 1.807) is 24.3 Å².